The fourth-order valence-corrected chi connectivity index (χ4v) is 2.70. The average Bonchev–Trinajstić information content (AvgIpc) is 2.47. The van der Waals surface area contributed by atoms with Gasteiger partial charge < -0.3 is 9.90 Å². The van der Waals surface area contributed by atoms with Gasteiger partial charge in [-0.25, -0.2) is 8.78 Å². The molecule has 2 aromatic carbocycles. The van der Waals surface area contributed by atoms with Crippen molar-refractivity contribution in [2.45, 2.75) is 10.6 Å². The Labute approximate surface area is 127 Å². The zero-order chi connectivity index (χ0) is 16.3. The van der Waals surface area contributed by atoms with Crippen molar-refractivity contribution < 1.29 is 23.6 Å². The summed E-state index contributed by atoms with van der Waals surface area (Å²) >= 11 is 0.910. The number of carbonyl (C=O) groups is 1. The highest BCUT2D eigenvalue weighted by molar-refractivity contribution is 7.98. The lowest BCUT2D eigenvalue weighted by molar-refractivity contribution is -0.387. The molecule has 0 amide bonds. The topological polar surface area (TPSA) is 83.3 Å². The summed E-state index contributed by atoms with van der Waals surface area (Å²) in [6.07, 6.45) is 0. The Bertz CT molecular complexity index is 752. The van der Waals surface area contributed by atoms with Gasteiger partial charge in [0.25, 0.3) is 5.69 Å². The number of nitrogens with zero attached hydrogens (tertiary/aromatic N) is 1. The lowest BCUT2D eigenvalue weighted by atomic mass is 10.2. The summed E-state index contributed by atoms with van der Waals surface area (Å²) in [7, 11) is 0. The first-order chi connectivity index (χ1) is 10.4. The number of nitro benzene ring substituents is 1. The van der Waals surface area contributed by atoms with E-state index in [1.165, 1.54) is 6.07 Å². The van der Waals surface area contributed by atoms with Crippen LogP contribution in [-0.4, -0.2) is 10.9 Å². The van der Waals surface area contributed by atoms with E-state index < -0.39 is 28.2 Å². The van der Waals surface area contributed by atoms with Gasteiger partial charge >= 0.3 is 0 Å². The van der Waals surface area contributed by atoms with E-state index in [4.69, 9.17) is 0 Å². The lowest BCUT2D eigenvalue weighted by Gasteiger charge is -2.07. The van der Waals surface area contributed by atoms with Crippen LogP contribution in [0.25, 0.3) is 0 Å². The van der Waals surface area contributed by atoms with Crippen LogP contribution in [0.4, 0.5) is 14.5 Å². The number of nitro groups is 1. The number of thioether (sulfide) groups is 1. The van der Waals surface area contributed by atoms with Gasteiger partial charge in [-0.15, -0.1) is 11.8 Å². The van der Waals surface area contributed by atoms with Gasteiger partial charge in [0.15, 0.2) is 0 Å². The Kier molecular flexibility index (Phi) is 4.71. The number of carbonyl (C=O) groups excluding carboxylic acids is 1. The zero-order valence-corrected chi connectivity index (χ0v) is 11.7. The predicted molar refractivity (Wildman–Crippen MR) is 73.3 cm³/mol. The van der Waals surface area contributed by atoms with Crippen LogP contribution >= 0.6 is 11.8 Å². The first-order valence-corrected chi connectivity index (χ1v) is 6.93. The third-order valence-corrected chi connectivity index (χ3v) is 3.89. The third kappa shape index (κ3) is 3.59. The molecule has 2 rings (SSSR count). The van der Waals surface area contributed by atoms with Gasteiger partial charge in [-0.1, -0.05) is 6.07 Å². The average molecular weight is 324 g/mol. The minimum Gasteiger partial charge on any atom is -0.545 e. The molecule has 0 saturated heterocycles. The van der Waals surface area contributed by atoms with Crippen LogP contribution in [0.1, 0.15) is 15.9 Å². The van der Waals surface area contributed by atoms with E-state index in [2.05, 4.69) is 0 Å². The number of carboxylic acids is 1. The second-order valence-corrected chi connectivity index (χ2v) is 5.27. The van der Waals surface area contributed by atoms with Crippen molar-refractivity contribution in [3.63, 3.8) is 0 Å². The Morgan fingerprint density at radius 1 is 1.18 bits per heavy atom. The van der Waals surface area contributed by atoms with Crippen molar-refractivity contribution in [3.8, 4) is 0 Å². The third-order valence-electron chi connectivity index (χ3n) is 2.78. The van der Waals surface area contributed by atoms with Crippen molar-refractivity contribution in [2.24, 2.45) is 0 Å². The number of rotatable bonds is 5. The maximum absolute atomic E-state index is 13.5. The minimum atomic E-state index is -1.53. The summed E-state index contributed by atoms with van der Waals surface area (Å²) in [5.41, 5.74) is -0.695. The Hall–Kier alpha value is -2.48. The second kappa shape index (κ2) is 6.52. The van der Waals surface area contributed by atoms with Crippen molar-refractivity contribution in [1.82, 2.24) is 0 Å². The maximum Gasteiger partial charge on any atom is 0.283 e. The molecule has 0 atom stereocenters. The van der Waals surface area contributed by atoms with E-state index in [9.17, 15) is 28.8 Å². The van der Waals surface area contributed by atoms with Gasteiger partial charge in [-0.3, -0.25) is 10.1 Å². The molecule has 0 fully saturated rings. The fourth-order valence-electron chi connectivity index (χ4n) is 1.72. The molecule has 22 heavy (non-hydrogen) atoms. The molecule has 0 aliphatic heterocycles. The molecule has 0 radical (unpaired) electrons. The van der Waals surface area contributed by atoms with Crippen LogP contribution < -0.4 is 5.11 Å². The smallest absolute Gasteiger partial charge is 0.283 e. The van der Waals surface area contributed by atoms with Crippen molar-refractivity contribution in [3.05, 3.63) is 69.3 Å². The molecule has 0 spiro atoms. The zero-order valence-electron chi connectivity index (χ0n) is 10.9. The van der Waals surface area contributed by atoms with Crippen LogP contribution in [0.3, 0.4) is 0 Å². The van der Waals surface area contributed by atoms with E-state index in [-0.39, 0.29) is 21.8 Å². The summed E-state index contributed by atoms with van der Waals surface area (Å²) in [6, 6.07) is 6.22. The molecule has 0 N–H and O–H groups in total. The predicted octanol–water partition coefficient (Wildman–Crippen LogP) is 2.53. The SMILES string of the molecule is O=C([O-])c1ccc(SCc2cc(F)ccc2F)c([N+](=O)[O-])c1. The van der Waals surface area contributed by atoms with E-state index in [0.29, 0.717) is 0 Å². The molecule has 114 valence electrons. The van der Waals surface area contributed by atoms with E-state index in [1.54, 1.807) is 0 Å². The number of halogens is 2. The van der Waals surface area contributed by atoms with E-state index >= 15 is 0 Å². The molecule has 0 aliphatic carbocycles. The summed E-state index contributed by atoms with van der Waals surface area (Å²) in [4.78, 5) is 21.1. The molecule has 0 aliphatic rings. The maximum atomic E-state index is 13.5. The molecular weight excluding hydrogens is 316 g/mol. The highest BCUT2D eigenvalue weighted by Gasteiger charge is 2.16. The van der Waals surface area contributed by atoms with E-state index in [1.807, 2.05) is 0 Å². The molecule has 8 heteroatoms. The van der Waals surface area contributed by atoms with Crippen LogP contribution in [0.2, 0.25) is 0 Å². The summed E-state index contributed by atoms with van der Waals surface area (Å²) in [5, 5.41) is 21.7. The number of hydrogen-bond donors (Lipinski definition) is 0. The van der Waals surface area contributed by atoms with Gasteiger partial charge in [0.1, 0.15) is 11.6 Å². The molecular formula is C14H8F2NO4S-. The van der Waals surface area contributed by atoms with E-state index in [0.717, 1.165) is 42.1 Å². The van der Waals surface area contributed by atoms with Crippen molar-refractivity contribution in [2.75, 3.05) is 0 Å². The summed E-state index contributed by atoms with van der Waals surface area (Å²) in [6.45, 7) is 0. The first kappa shape index (κ1) is 15.9. The summed E-state index contributed by atoms with van der Waals surface area (Å²) < 4.78 is 26.6. The molecule has 0 aromatic heterocycles. The highest BCUT2D eigenvalue weighted by Crippen LogP contribution is 2.32. The van der Waals surface area contributed by atoms with Crippen LogP contribution in [0.15, 0.2) is 41.3 Å². The van der Waals surface area contributed by atoms with Crippen LogP contribution in [0.5, 0.6) is 0 Å². The molecule has 0 saturated carbocycles. The van der Waals surface area contributed by atoms with Gasteiger partial charge in [0.2, 0.25) is 0 Å². The molecule has 2 aromatic rings. The Morgan fingerprint density at radius 2 is 1.91 bits per heavy atom. The second-order valence-electron chi connectivity index (χ2n) is 4.25. The van der Waals surface area contributed by atoms with Crippen molar-refractivity contribution >= 4 is 23.4 Å². The van der Waals surface area contributed by atoms with Crippen LogP contribution in [-0.2, 0) is 5.75 Å². The number of hydrogen-bond acceptors (Lipinski definition) is 5. The molecule has 5 nitrogen and oxygen atoms in total. The van der Waals surface area contributed by atoms with Gasteiger partial charge in [0.05, 0.1) is 15.8 Å². The van der Waals surface area contributed by atoms with Crippen molar-refractivity contribution in [1.29, 1.82) is 0 Å². The Morgan fingerprint density at radius 3 is 2.55 bits per heavy atom. The summed E-state index contributed by atoms with van der Waals surface area (Å²) in [5.74, 6) is -2.80. The number of benzene rings is 2. The highest BCUT2D eigenvalue weighted by atomic mass is 32.2. The molecule has 0 heterocycles. The van der Waals surface area contributed by atoms with Crippen LogP contribution in [0, 0.1) is 21.7 Å². The monoisotopic (exact) mass is 324 g/mol. The Balaban J connectivity index is 2.27. The quantitative estimate of drug-likeness (QED) is 0.479. The van der Waals surface area contributed by atoms with Gasteiger partial charge in [-0.2, -0.15) is 0 Å². The standard InChI is InChI=1S/C14H9F2NO4S/c15-10-2-3-11(16)9(5-10)7-22-13-4-1-8(14(18)19)6-12(13)17(20)21/h1-6H,7H2,(H,18,19)/p-1. The minimum absolute atomic E-state index is 0.0326. The number of aromatic carboxylic acids is 1. The molecule has 0 bridgehead atoms. The normalized spacial score (nSPS) is 10.5. The first-order valence-electron chi connectivity index (χ1n) is 5.95. The van der Waals surface area contributed by atoms with Gasteiger partial charge in [-0.05, 0) is 24.3 Å². The molecule has 0 unspecified atom stereocenters. The largest absolute Gasteiger partial charge is 0.545 e. The number of carboxylic acid groups (broad SMARTS) is 1. The lowest BCUT2D eigenvalue weighted by Crippen LogP contribution is -2.22. The fraction of sp³-hybridized carbons (Fsp3) is 0.0714. The van der Waals surface area contributed by atoms with Gasteiger partial charge in [0, 0.05) is 22.9 Å².